The lowest BCUT2D eigenvalue weighted by atomic mass is 10.1. The van der Waals surface area contributed by atoms with Crippen LogP contribution >= 0.6 is 0 Å². The van der Waals surface area contributed by atoms with Crippen LogP contribution in [0, 0.1) is 16.0 Å². The van der Waals surface area contributed by atoms with Crippen molar-refractivity contribution in [3.63, 3.8) is 0 Å². The molecule has 1 aromatic heterocycles. The minimum atomic E-state index is -0.389. The molecule has 2 saturated heterocycles. The first kappa shape index (κ1) is 21.0. The summed E-state index contributed by atoms with van der Waals surface area (Å²) in [6.45, 7) is 6.13. The Morgan fingerprint density at radius 3 is 2.58 bits per heavy atom. The number of nitrogens with one attached hydrogen (secondary N) is 1. The molecule has 0 aliphatic carbocycles. The Balaban J connectivity index is 1.41. The lowest BCUT2D eigenvalue weighted by molar-refractivity contribution is -0.384. The quantitative estimate of drug-likeness (QED) is 0.322. The molecule has 1 atom stereocenters. The van der Waals surface area contributed by atoms with Gasteiger partial charge in [-0.2, -0.15) is 0 Å². The van der Waals surface area contributed by atoms with E-state index in [1.165, 1.54) is 12.1 Å². The maximum absolute atomic E-state index is 10.9. The average Bonchev–Trinajstić information content (AvgIpc) is 3.34. The number of nitro groups is 1. The molecule has 0 bridgehead atoms. The number of nitrogens with zero attached hydrogens (tertiary/aromatic N) is 6. The number of nitro benzene ring substituents is 1. The Labute approximate surface area is 181 Å². The van der Waals surface area contributed by atoms with Gasteiger partial charge in [0.2, 0.25) is 5.95 Å². The van der Waals surface area contributed by atoms with Crippen LogP contribution in [0.4, 0.5) is 11.6 Å². The fourth-order valence-electron chi connectivity index (χ4n) is 3.71. The summed E-state index contributed by atoms with van der Waals surface area (Å²) in [5.41, 5.74) is 1.02. The third kappa shape index (κ3) is 5.66. The smallest absolute Gasteiger partial charge is 0.269 e. The molecular formula is C21H27N7O3. The number of benzene rings is 1. The first-order valence-electron chi connectivity index (χ1n) is 10.6. The summed E-state index contributed by atoms with van der Waals surface area (Å²) in [4.78, 5) is 28.4. The van der Waals surface area contributed by atoms with Crippen LogP contribution in [0.1, 0.15) is 12.0 Å². The van der Waals surface area contributed by atoms with Crippen molar-refractivity contribution in [1.82, 2.24) is 20.2 Å². The normalized spacial score (nSPS) is 19.5. The lowest BCUT2D eigenvalue weighted by Crippen LogP contribution is -2.53. The summed E-state index contributed by atoms with van der Waals surface area (Å²) >= 11 is 0. The number of aromatic nitrogens is 2. The maximum Gasteiger partial charge on any atom is 0.269 e. The van der Waals surface area contributed by atoms with E-state index in [-0.39, 0.29) is 10.6 Å². The fourth-order valence-corrected chi connectivity index (χ4v) is 3.71. The molecule has 10 heteroatoms. The number of aliphatic imine (C=N–C) groups is 1. The zero-order valence-corrected chi connectivity index (χ0v) is 17.4. The minimum absolute atomic E-state index is 0.0894. The lowest BCUT2D eigenvalue weighted by Gasteiger charge is -2.36. The zero-order chi connectivity index (χ0) is 21.5. The molecule has 2 fully saturated rings. The number of guanidine groups is 1. The maximum atomic E-state index is 10.9. The van der Waals surface area contributed by atoms with Gasteiger partial charge in [0.25, 0.3) is 5.69 Å². The van der Waals surface area contributed by atoms with Gasteiger partial charge in [-0.15, -0.1) is 0 Å². The standard InChI is InChI=1S/C21H27N7O3/c29-28(30)19-4-2-17(3-5-19)14-24-21(25-15-18-6-13-31-16-18)27-11-9-26(10-12-27)20-22-7-1-8-23-20/h1-5,7-8,18H,6,9-16H2,(H,24,25). The number of rotatable bonds is 6. The third-order valence-electron chi connectivity index (χ3n) is 5.55. The highest BCUT2D eigenvalue weighted by Crippen LogP contribution is 2.15. The van der Waals surface area contributed by atoms with E-state index in [0.29, 0.717) is 12.5 Å². The van der Waals surface area contributed by atoms with Gasteiger partial charge in [0.15, 0.2) is 5.96 Å². The number of hydrogen-bond donors (Lipinski definition) is 1. The summed E-state index contributed by atoms with van der Waals surface area (Å²) < 4.78 is 5.49. The Bertz CT molecular complexity index is 878. The van der Waals surface area contributed by atoms with Gasteiger partial charge in [-0.3, -0.25) is 10.1 Å². The van der Waals surface area contributed by atoms with Crippen molar-refractivity contribution in [3.05, 3.63) is 58.4 Å². The molecule has 31 heavy (non-hydrogen) atoms. The van der Waals surface area contributed by atoms with Crippen molar-refractivity contribution in [1.29, 1.82) is 0 Å². The molecule has 1 aromatic carbocycles. The number of non-ortho nitro benzene ring substituents is 1. The Hall–Kier alpha value is -3.27. The highest BCUT2D eigenvalue weighted by Gasteiger charge is 2.23. The van der Waals surface area contributed by atoms with Crippen LogP contribution in [-0.2, 0) is 11.3 Å². The van der Waals surface area contributed by atoms with Gasteiger partial charge in [-0.25, -0.2) is 15.0 Å². The molecule has 2 aromatic rings. The second-order valence-corrected chi connectivity index (χ2v) is 7.70. The van der Waals surface area contributed by atoms with Gasteiger partial charge in [-0.1, -0.05) is 12.1 Å². The molecule has 1 unspecified atom stereocenters. The van der Waals surface area contributed by atoms with Crippen LogP contribution in [0.2, 0.25) is 0 Å². The first-order chi connectivity index (χ1) is 15.2. The summed E-state index contributed by atoms with van der Waals surface area (Å²) in [5.74, 6) is 2.10. The van der Waals surface area contributed by atoms with Crippen LogP contribution in [0.15, 0.2) is 47.7 Å². The number of piperazine rings is 1. The molecule has 0 saturated carbocycles. The fraction of sp³-hybridized carbons (Fsp3) is 0.476. The highest BCUT2D eigenvalue weighted by molar-refractivity contribution is 5.80. The Morgan fingerprint density at radius 2 is 1.94 bits per heavy atom. The predicted octanol–water partition coefficient (Wildman–Crippen LogP) is 1.69. The molecule has 0 amide bonds. The van der Waals surface area contributed by atoms with Crippen molar-refractivity contribution in [3.8, 4) is 0 Å². The summed E-state index contributed by atoms with van der Waals surface area (Å²) in [7, 11) is 0. The van der Waals surface area contributed by atoms with E-state index in [2.05, 4.69) is 25.1 Å². The topological polar surface area (TPSA) is 109 Å². The predicted molar refractivity (Wildman–Crippen MR) is 117 cm³/mol. The molecule has 2 aliphatic heterocycles. The number of anilines is 1. The van der Waals surface area contributed by atoms with Crippen LogP contribution < -0.4 is 10.2 Å². The molecule has 0 spiro atoms. The van der Waals surface area contributed by atoms with Gasteiger partial charge in [0.05, 0.1) is 18.1 Å². The van der Waals surface area contributed by atoms with Crippen LogP contribution in [-0.4, -0.2) is 71.7 Å². The van der Waals surface area contributed by atoms with E-state index in [4.69, 9.17) is 9.73 Å². The van der Waals surface area contributed by atoms with E-state index in [0.717, 1.165) is 69.8 Å². The molecule has 4 rings (SSSR count). The van der Waals surface area contributed by atoms with Crippen molar-refractivity contribution in [2.75, 3.05) is 50.8 Å². The molecule has 0 radical (unpaired) electrons. The van der Waals surface area contributed by atoms with E-state index >= 15 is 0 Å². The van der Waals surface area contributed by atoms with E-state index in [1.807, 2.05) is 6.07 Å². The first-order valence-corrected chi connectivity index (χ1v) is 10.6. The van der Waals surface area contributed by atoms with Crippen LogP contribution in [0.25, 0.3) is 0 Å². The van der Waals surface area contributed by atoms with Crippen molar-refractivity contribution in [2.24, 2.45) is 10.9 Å². The minimum Gasteiger partial charge on any atom is -0.381 e. The van der Waals surface area contributed by atoms with Gasteiger partial charge in [-0.05, 0) is 18.1 Å². The summed E-state index contributed by atoms with van der Waals surface area (Å²) in [6.07, 6.45) is 4.58. The second-order valence-electron chi connectivity index (χ2n) is 7.70. The van der Waals surface area contributed by atoms with Gasteiger partial charge < -0.3 is 19.9 Å². The second kappa shape index (κ2) is 10.2. The van der Waals surface area contributed by atoms with E-state index in [1.54, 1.807) is 24.5 Å². The molecule has 1 N–H and O–H groups in total. The SMILES string of the molecule is O=[N+]([O-])c1ccc(CN=C(NCC2CCOC2)N2CCN(c3ncccn3)CC2)cc1. The van der Waals surface area contributed by atoms with E-state index < -0.39 is 0 Å². The summed E-state index contributed by atoms with van der Waals surface area (Å²) in [5, 5.41) is 14.4. The van der Waals surface area contributed by atoms with E-state index in [9.17, 15) is 10.1 Å². The number of hydrogen-bond acceptors (Lipinski definition) is 7. The van der Waals surface area contributed by atoms with Crippen LogP contribution in [0.3, 0.4) is 0 Å². The largest absolute Gasteiger partial charge is 0.381 e. The summed E-state index contributed by atoms with van der Waals surface area (Å²) in [6, 6.07) is 8.38. The van der Waals surface area contributed by atoms with Crippen molar-refractivity contribution < 1.29 is 9.66 Å². The Morgan fingerprint density at radius 1 is 1.19 bits per heavy atom. The highest BCUT2D eigenvalue weighted by atomic mass is 16.6. The van der Waals surface area contributed by atoms with Crippen LogP contribution in [0.5, 0.6) is 0 Å². The van der Waals surface area contributed by atoms with Crippen molar-refractivity contribution in [2.45, 2.75) is 13.0 Å². The van der Waals surface area contributed by atoms with Gasteiger partial charge in [0.1, 0.15) is 0 Å². The van der Waals surface area contributed by atoms with Gasteiger partial charge >= 0.3 is 0 Å². The molecule has 164 valence electrons. The third-order valence-corrected chi connectivity index (χ3v) is 5.55. The zero-order valence-electron chi connectivity index (χ0n) is 17.4. The van der Waals surface area contributed by atoms with Crippen molar-refractivity contribution >= 4 is 17.6 Å². The Kier molecular flexibility index (Phi) is 6.88. The molecular weight excluding hydrogens is 398 g/mol. The monoisotopic (exact) mass is 425 g/mol. The molecule has 10 nitrogen and oxygen atoms in total. The number of ether oxygens (including phenoxy) is 1. The molecule has 2 aliphatic rings. The molecule has 3 heterocycles. The average molecular weight is 425 g/mol. The van der Waals surface area contributed by atoms with Gasteiger partial charge in [0, 0.05) is 69.8 Å².